The summed E-state index contributed by atoms with van der Waals surface area (Å²) in [5, 5.41) is 3.80. The summed E-state index contributed by atoms with van der Waals surface area (Å²) in [4.78, 5) is 15.2. The number of nitrogens with one attached hydrogen (secondary N) is 1. The Morgan fingerprint density at radius 3 is 2.43 bits per heavy atom. The molecule has 2 atom stereocenters. The standard InChI is InChI=1S/C18H22BClN2O/c19-17(18(23)21-7-11-1-3-15(20)4-2-11)16-13-5-12-6-14(16)10-22(8-12)9-13/h1-4,12-14H,5-10,19H2,(H,21,23). The van der Waals surface area contributed by atoms with E-state index >= 15 is 0 Å². The number of carbonyl (C=O) groups excluding carboxylic acids is 1. The molecule has 4 bridgehead atoms. The van der Waals surface area contributed by atoms with E-state index in [1.165, 1.54) is 25.0 Å². The average Bonchev–Trinajstić information content (AvgIpc) is 2.53. The van der Waals surface area contributed by atoms with Crippen molar-refractivity contribution in [2.75, 3.05) is 19.6 Å². The number of amides is 1. The van der Waals surface area contributed by atoms with Gasteiger partial charge in [-0.3, -0.25) is 4.79 Å². The van der Waals surface area contributed by atoms with Crippen LogP contribution in [-0.2, 0) is 11.3 Å². The van der Waals surface area contributed by atoms with Gasteiger partial charge in [-0.15, -0.1) is 0 Å². The molecule has 4 aliphatic rings. The minimum atomic E-state index is 0.0948. The van der Waals surface area contributed by atoms with Crippen LogP contribution in [0.4, 0.5) is 0 Å². The predicted octanol–water partition coefficient (Wildman–Crippen LogP) is 1.81. The zero-order valence-corrected chi connectivity index (χ0v) is 14.3. The summed E-state index contributed by atoms with van der Waals surface area (Å²) >= 11 is 5.90. The molecule has 1 saturated carbocycles. The summed E-state index contributed by atoms with van der Waals surface area (Å²) in [7, 11) is 2.02. The van der Waals surface area contributed by atoms with Gasteiger partial charge in [0.15, 0.2) is 0 Å². The van der Waals surface area contributed by atoms with E-state index in [-0.39, 0.29) is 5.91 Å². The summed E-state index contributed by atoms with van der Waals surface area (Å²) in [6, 6.07) is 7.64. The van der Waals surface area contributed by atoms with Crippen LogP contribution in [0, 0.1) is 17.8 Å². The van der Waals surface area contributed by atoms with Crippen LogP contribution in [0.3, 0.4) is 0 Å². The van der Waals surface area contributed by atoms with Crippen molar-refractivity contribution in [3.05, 3.63) is 45.9 Å². The van der Waals surface area contributed by atoms with Crippen LogP contribution in [0.1, 0.15) is 18.4 Å². The molecule has 3 saturated heterocycles. The molecule has 1 aliphatic carbocycles. The van der Waals surface area contributed by atoms with Gasteiger partial charge in [-0.2, -0.15) is 0 Å². The lowest BCUT2D eigenvalue weighted by Crippen LogP contribution is -2.55. The van der Waals surface area contributed by atoms with Crippen LogP contribution in [0.5, 0.6) is 0 Å². The summed E-state index contributed by atoms with van der Waals surface area (Å²) in [6.45, 7) is 4.15. The average molecular weight is 329 g/mol. The molecule has 1 aromatic rings. The van der Waals surface area contributed by atoms with E-state index < -0.39 is 0 Å². The number of benzene rings is 1. The number of carbonyl (C=O) groups is 1. The van der Waals surface area contributed by atoms with Crippen molar-refractivity contribution in [1.29, 1.82) is 0 Å². The van der Waals surface area contributed by atoms with Gasteiger partial charge in [-0.25, -0.2) is 0 Å². The predicted molar refractivity (Wildman–Crippen MR) is 95.0 cm³/mol. The van der Waals surface area contributed by atoms with Crippen LogP contribution in [-0.4, -0.2) is 38.3 Å². The quantitative estimate of drug-likeness (QED) is 0.678. The van der Waals surface area contributed by atoms with E-state index in [0.717, 1.165) is 35.1 Å². The van der Waals surface area contributed by atoms with Crippen molar-refractivity contribution in [3.63, 3.8) is 0 Å². The topological polar surface area (TPSA) is 32.3 Å². The Kier molecular flexibility index (Phi) is 3.98. The third kappa shape index (κ3) is 2.95. The maximum absolute atomic E-state index is 12.6. The number of halogens is 1. The van der Waals surface area contributed by atoms with Gasteiger partial charge >= 0.3 is 0 Å². The monoisotopic (exact) mass is 328 g/mol. The first-order chi connectivity index (χ1) is 11.1. The number of hydrogen-bond donors (Lipinski definition) is 1. The molecule has 1 amide bonds. The highest BCUT2D eigenvalue weighted by Gasteiger charge is 2.45. The van der Waals surface area contributed by atoms with Gasteiger partial charge in [0.25, 0.3) is 0 Å². The van der Waals surface area contributed by atoms with E-state index in [4.69, 9.17) is 11.6 Å². The van der Waals surface area contributed by atoms with E-state index in [2.05, 4.69) is 10.2 Å². The highest BCUT2D eigenvalue weighted by atomic mass is 35.5. The largest absolute Gasteiger partial charge is 0.349 e. The van der Waals surface area contributed by atoms with Gasteiger partial charge in [0.05, 0.1) is 0 Å². The molecule has 0 spiro atoms. The van der Waals surface area contributed by atoms with Crippen LogP contribution in [0.2, 0.25) is 5.02 Å². The number of rotatable bonds is 3. The lowest BCUT2D eigenvalue weighted by atomic mass is 9.62. The summed E-state index contributed by atoms with van der Waals surface area (Å²) in [5.74, 6) is 2.18. The fourth-order valence-electron chi connectivity index (χ4n) is 4.86. The number of nitrogens with zero attached hydrogens (tertiary/aromatic N) is 1. The fourth-order valence-corrected chi connectivity index (χ4v) is 4.98. The van der Waals surface area contributed by atoms with Crippen molar-refractivity contribution >= 4 is 25.4 Å². The Labute approximate surface area is 143 Å². The zero-order valence-electron chi connectivity index (χ0n) is 13.5. The molecular weight excluding hydrogens is 306 g/mol. The Hall–Kier alpha value is -1.26. The minimum absolute atomic E-state index is 0.0948. The van der Waals surface area contributed by atoms with Crippen molar-refractivity contribution in [2.45, 2.75) is 19.4 Å². The van der Waals surface area contributed by atoms with Gasteiger partial charge in [-0.1, -0.05) is 29.3 Å². The Morgan fingerprint density at radius 2 is 1.83 bits per heavy atom. The first kappa shape index (κ1) is 15.3. The number of piperidine rings is 3. The summed E-state index contributed by atoms with van der Waals surface area (Å²) < 4.78 is 0. The Morgan fingerprint density at radius 1 is 1.17 bits per heavy atom. The van der Waals surface area contributed by atoms with Crippen molar-refractivity contribution in [3.8, 4) is 0 Å². The lowest BCUT2D eigenvalue weighted by Gasteiger charge is -2.53. The maximum atomic E-state index is 12.6. The van der Waals surface area contributed by atoms with Crippen molar-refractivity contribution in [1.82, 2.24) is 10.2 Å². The molecule has 120 valence electrons. The third-order valence-corrected chi connectivity index (χ3v) is 5.98. The lowest BCUT2D eigenvalue weighted by molar-refractivity contribution is -0.117. The maximum Gasteiger partial charge on any atom is 0.237 e. The molecule has 1 aromatic carbocycles. The van der Waals surface area contributed by atoms with Crippen LogP contribution in [0.15, 0.2) is 35.3 Å². The van der Waals surface area contributed by atoms with Gasteiger partial charge in [-0.05, 0) is 53.8 Å². The first-order valence-electron chi connectivity index (χ1n) is 8.56. The molecule has 4 fully saturated rings. The van der Waals surface area contributed by atoms with Crippen LogP contribution >= 0.6 is 11.6 Å². The highest BCUT2D eigenvalue weighted by molar-refractivity contribution is 6.36. The zero-order chi connectivity index (χ0) is 16.0. The van der Waals surface area contributed by atoms with E-state index in [1.54, 1.807) is 0 Å². The molecule has 0 aromatic heterocycles. The molecule has 5 rings (SSSR count). The Balaban J connectivity index is 1.46. The van der Waals surface area contributed by atoms with Gasteiger partial charge < -0.3 is 10.2 Å². The fraction of sp³-hybridized carbons (Fsp3) is 0.500. The molecule has 0 radical (unpaired) electrons. The molecule has 2 unspecified atom stereocenters. The van der Waals surface area contributed by atoms with Crippen molar-refractivity contribution < 1.29 is 4.79 Å². The molecule has 3 aliphatic heterocycles. The van der Waals surface area contributed by atoms with Gasteiger partial charge in [0, 0.05) is 31.2 Å². The molecule has 5 heteroatoms. The molecular formula is C18H22BClN2O. The second-order valence-electron chi connectivity index (χ2n) is 7.34. The molecule has 1 N–H and O–H groups in total. The smallest absolute Gasteiger partial charge is 0.237 e. The molecule has 3 heterocycles. The van der Waals surface area contributed by atoms with E-state index in [9.17, 15) is 4.79 Å². The second-order valence-corrected chi connectivity index (χ2v) is 7.78. The molecule has 23 heavy (non-hydrogen) atoms. The first-order valence-corrected chi connectivity index (χ1v) is 8.93. The van der Waals surface area contributed by atoms with E-state index in [1.807, 2.05) is 32.1 Å². The van der Waals surface area contributed by atoms with Gasteiger partial charge in [0.2, 0.25) is 5.91 Å². The Bertz CT molecular complexity index is 625. The van der Waals surface area contributed by atoms with Crippen molar-refractivity contribution in [2.24, 2.45) is 17.8 Å². The molecule has 3 nitrogen and oxygen atoms in total. The van der Waals surface area contributed by atoms with Crippen LogP contribution in [0.25, 0.3) is 0 Å². The summed E-state index contributed by atoms with van der Waals surface area (Å²) in [5.41, 5.74) is 3.50. The second kappa shape index (κ2) is 5.99. The van der Waals surface area contributed by atoms with Crippen LogP contribution < -0.4 is 5.32 Å². The summed E-state index contributed by atoms with van der Waals surface area (Å²) in [6.07, 6.45) is 2.56. The minimum Gasteiger partial charge on any atom is -0.349 e. The SMILES string of the molecule is BC(C(=O)NCc1ccc(Cl)cc1)=C1C2CC3CC1CN(C3)C2. The van der Waals surface area contributed by atoms with Gasteiger partial charge in [0.1, 0.15) is 7.85 Å². The highest BCUT2D eigenvalue weighted by Crippen LogP contribution is 2.47. The third-order valence-electron chi connectivity index (χ3n) is 5.73. The normalized spacial score (nSPS) is 31.3. The van der Waals surface area contributed by atoms with E-state index in [0.29, 0.717) is 18.4 Å². The number of hydrogen-bond acceptors (Lipinski definition) is 2.